The van der Waals surface area contributed by atoms with Gasteiger partial charge in [-0.3, -0.25) is 4.79 Å². The molecule has 0 bridgehead atoms. The number of hydrogen-bond donors (Lipinski definition) is 0. The van der Waals surface area contributed by atoms with E-state index in [1.54, 1.807) is 12.1 Å². The smallest absolute Gasteiger partial charge is 0.222 e. The van der Waals surface area contributed by atoms with Gasteiger partial charge in [0.25, 0.3) is 0 Å². The van der Waals surface area contributed by atoms with Gasteiger partial charge in [-0.05, 0) is 30.5 Å². The summed E-state index contributed by atoms with van der Waals surface area (Å²) in [6.07, 6.45) is 2.47. The van der Waals surface area contributed by atoms with Crippen LogP contribution in [-0.4, -0.2) is 23.9 Å². The zero-order valence-corrected chi connectivity index (χ0v) is 8.58. The number of hydrogen-bond acceptors (Lipinski definition) is 1. The third kappa shape index (κ3) is 2.55. The molecule has 3 heteroatoms. The average Bonchev–Trinajstić information content (AvgIpc) is 2.63. The lowest BCUT2D eigenvalue weighted by Crippen LogP contribution is -2.26. The highest BCUT2D eigenvalue weighted by atomic mass is 19.1. The standard InChI is InChI=1S/C12H14FNO/c13-11-5-3-10(4-6-11)7-9-14-8-1-2-12(14)15/h3-6H,1-2,7-9H2. The zero-order valence-electron chi connectivity index (χ0n) is 8.58. The average molecular weight is 207 g/mol. The molecule has 1 aromatic carbocycles. The fourth-order valence-electron chi connectivity index (χ4n) is 1.86. The van der Waals surface area contributed by atoms with E-state index in [0.29, 0.717) is 6.42 Å². The van der Waals surface area contributed by atoms with Crippen molar-refractivity contribution in [3.8, 4) is 0 Å². The summed E-state index contributed by atoms with van der Waals surface area (Å²) in [6, 6.07) is 6.47. The Labute approximate surface area is 88.7 Å². The molecule has 0 aromatic heterocycles. The molecule has 0 saturated carbocycles. The molecule has 1 amide bonds. The maximum Gasteiger partial charge on any atom is 0.222 e. The first-order valence-electron chi connectivity index (χ1n) is 5.28. The molecular weight excluding hydrogens is 193 g/mol. The minimum absolute atomic E-state index is 0.212. The van der Waals surface area contributed by atoms with Crippen molar-refractivity contribution in [3.63, 3.8) is 0 Å². The lowest BCUT2D eigenvalue weighted by atomic mass is 10.1. The van der Waals surface area contributed by atoms with E-state index in [1.807, 2.05) is 4.90 Å². The molecule has 1 saturated heterocycles. The summed E-state index contributed by atoms with van der Waals surface area (Å²) in [5.74, 6) is 0.0353. The minimum Gasteiger partial charge on any atom is -0.342 e. The minimum atomic E-state index is -0.212. The Morgan fingerprint density at radius 2 is 2.00 bits per heavy atom. The number of rotatable bonds is 3. The largest absolute Gasteiger partial charge is 0.342 e. The number of amides is 1. The summed E-state index contributed by atoms with van der Waals surface area (Å²) in [4.78, 5) is 13.2. The normalized spacial score (nSPS) is 16.1. The van der Waals surface area contributed by atoms with Crippen LogP contribution in [0.25, 0.3) is 0 Å². The van der Waals surface area contributed by atoms with Crippen molar-refractivity contribution in [2.45, 2.75) is 19.3 Å². The van der Waals surface area contributed by atoms with Crippen molar-refractivity contribution in [1.82, 2.24) is 4.90 Å². The topological polar surface area (TPSA) is 20.3 Å². The van der Waals surface area contributed by atoms with Crippen molar-refractivity contribution < 1.29 is 9.18 Å². The number of carbonyl (C=O) groups is 1. The van der Waals surface area contributed by atoms with Crippen LogP contribution < -0.4 is 0 Å². The zero-order chi connectivity index (χ0) is 10.7. The molecule has 0 unspecified atom stereocenters. The summed E-state index contributed by atoms with van der Waals surface area (Å²) in [5, 5.41) is 0. The van der Waals surface area contributed by atoms with Crippen LogP contribution in [-0.2, 0) is 11.2 Å². The molecule has 1 heterocycles. The van der Waals surface area contributed by atoms with Crippen LogP contribution in [0.3, 0.4) is 0 Å². The van der Waals surface area contributed by atoms with Crippen molar-refractivity contribution >= 4 is 5.91 Å². The van der Waals surface area contributed by atoms with E-state index in [1.165, 1.54) is 12.1 Å². The molecule has 1 fully saturated rings. The summed E-state index contributed by atoms with van der Waals surface area (Å²) >= 11 is 0. The molecule has 0 radical (unpaired) electrons. The SMILES string of the molecule is O=C1CCCN1CCc1ccc(F)cc1. The van der Waals surface area contributed by atoms with Crippen LogP contribution in [0.5, 0.6) is 0 Å². The van der Waals surface area contributed by atoms with Crippen LogP contribution in [0.2, 0.25) is 0 Å². The molecule has 80 valence electrons. The van der Waals surface area contributed by atoms with Gasteiger partial charge in [-0.1, -0.05) is 12.1 Å². The number of carbonyl (C=O) groups excluding carboxylic acids is 1. The summed E-state index contributed by atoms with van der Waals surface area (Å²) in [5.41, 5.74) is 1.08. The highest BCUT2D eigenvalue weighted by molar-refractivity contribution is 5.78. The van der Waals surface area contributed by atoms with Gasteiger partial charge in [-0.2, -0.15) is 0 Å². The first-order valence-corrected chi connectivity index (χ1v) is 5.28. The summed E-state index contributed by atoms with van der Waals surface area (Å²) < 4.78 is 12.6. The third-order valence-electron chi connectivity index (χ3n) is 2.76. The Kier molecular flexibility index (Phi) is 2.99. The molecule has 1 aromatic rings. The second-order valence-corrected chi connectivity index (χ2v) is 3.86. The van der Waals surface area contributed by atoms with Crippen LogP contribution in [0.4, 0.5) is 4.39 Å². The van der Waals surface area contributed by atoms with Crippen LogP contribution in [0, 0.1) is 5.82 Å². The predicted molar refractivity (Wildman–Crippen MR) is 55.9 cm³/mol. The summed E-state index contributed by atoms with van der Waals surface area (Å²) in [7, 11) is 0. The van der Waals surface area contributed by atoms with Crippen LogP contribution in [0.1, 0.15) is 18.4 Å². The Morgan fingerprint density at radius 3 is 2.60 bits per heavy atom. The number of halogens is 1. The molecule has 0 N–H and O–H groups in total. The van der Waals surface area contributed by atoms with E-state index < -0.39 is 0 Å². The number of nitrogens with zero attached hydrogens (tertiary/aromatic N) is 1. The Hall–Kier alpha value is -1.38. The quantitative estimate of drug-likeness (QED) is 0.742. The van der Waals surface area contributed by atoms with Gasteiger partial charge in [0.2, 0.25) is 5.91 Å². The van der Waals surface area contributed by atoms with Gasteiger partial charge in [0, 0.05) is 19.5 Å². The van der Waals surface area contributed by atoms with Gasteiger partial charge >= 0.3 is 0 Å². The first-order chi connectivity index (χ1) is 7.25. The second-order valence-electron chi connectivity index (χ2n) is 3.86. The van der Waals surface area contributed by atoms with E-state index in [9.17, 15) is 9.18 Å². The van der Waals surface area contributed by atoms with E-state index in [2.05, 4.69) is 0 Å². The number of likely N-dealkylation sites (tertiary alicyclic amines) is 1. The molecule has 0 spiro atoms. The van der Waals surface area contributed by atoms with E-state index >= 15 is 0 Å². The van der Waals surface area contributed by atoms with E-state index in [-0.39, 0.29) is 11.7 Å². The Morgan fingerprint density at radius 1 is 1.27 bits per heavy atom. The maximum absolute atomic E-state index is 12.6. The van der Waals surface area contributed by atoms with Gasteiger partial charge in [0.05, 0.1) is 0 Å². The van der Waals surface area contributed by atoms with Crippen LogP contribution >= 0.6 is 0 Å². The van der Waals surface area contributed by atoms with Gasteiger partial charge < -0.3 is 4.90 Å². The lowest BCUT2D eigenvalue weighted by Gasteiger charge is -2.14. The fraction of sp³-hybridized carbons (Fsp3) is 0.417. The molecular formula is C12H14FNO. The van der Waals surface area contributed by atoms with Gasteiger partial charge in [-0.15, -0.1) is 0 Å². The van der Waals surface area contributed by atoms with E-state index in [4.69, 9.17) is 0 Å². The highest BCUT2D eigenvalue weighted by Crippen LogP contribution is 2.11. The van der Waals surface area contributed by atoms with E-state index in [0.717, 1.165) is 31.5 Å². The first kappa shape index (κ1) is 10.1. The van der Waals surface area contributed by atoms with Gasteiger partial charge in [-0.25, -0.2) is 4.39 Å². The molecule has 2 nitrogen and oxygen atoms in total. The van der Waals surface area contributed by atoms with Crippen molar-refractivity contribution in [3.05, 3.63) is 35.6 Å². The lowest BCUT2D eigenvalue weighted by molar-refractivity contribution is -0.127. The molecule has 2 rings (SSSR count). The highest BCUT2D eigenvalue weighted by Gasteiger charge is 2.19. The molecule has 1 aliphatic heterocycles. The predicted octanol–water partition coefficient (Wildman–Crippen LogP) is 1.99. The van der Waals surface area contributed by atoms with Gasteiger partial charge in [0.15, 0.2) is 0 Å². The van der Waals surface area contributed by atoms with Gasteiger partial charge in [0.1, 0.15) is 5.82 Å². The van der Waals surface area contributed by atoms with Crippen LogP contribution in [0.15, 0.2) is 24.3 Å². The molecule has 15 heavy (non-hydrogen) atoms. The van der Waals surface area contributed by atoms with Crippen molar-refractivity contribution in [2.24, 2.45) is 0 Å². The Bertz CT molecular complexity index is 347. The van der Waals surface area contributed by atoms with Crippen molar-refractivity contribution in [2.75, 3.05) is 13.1 Å². The molecule has 0 atom stereocenters. The van der Waals surface area contributed by atoms with Crippen molar-refractivity contribution in [1.29, 1.82) is 0 Å². The molecule has 1 aliphatic rings. The summed E-state index contributed by atoms with van der Waals surface area (Å²) in [6.45, 7) is 1.63. The Balaban J connectivity index is 1.87. The molecule has 0 aliphatic carbocycles. The maximum atomic E-state index is 12.6. The monoisotopic (exact) mass is 207 g/mol. The fourth-order valence-corrected chi connectivity index (χ4v) is 1.86. The third-order valence-corrected chi connectivity index (χ3v) is 2.76. The second kappa shape index (κ2) is 4.43. The number of benzene rings is 1.